The van der Waals surface area contributed by atoms with Crippen LogP contribution in [0.2, 0.25) is 0 Å². The zero-order chi connectivity index (χ0) is 8.69. The first kappa shape index (κ1) is 14.9. The second-order valence-corrected chi connectivity index (χ2v) is 3.51. The van der Waals surface area contributed by atoms with E-state index in [1.807, 2.05) is 0 Å². The van der Waals surface area contributed by atoms with Gasteiger partial charge in [0.05, 0.1) is 12.9 Å². The summed E-state index contributed by atoms with van der Waals surface area (Å²) in [5.41, 5.74) is 3.64. The predicted octanol–water partition coefficient (Wildman–Crippen LogP) is 0.164. The Morgan fingerprint density at radius 1 is 1.75 bits per heavy atom. The molecule has 0 aromatic carbocycles. The number of alkyl halides is 1. The average molecular weight is 235 g/mol. The molecule has 3 nitrogen and oxygen atoms in total. The van der Waals surface area contributed by atoms with E-state index in [1.165, 1.54) is 7.11 Å². The third-order valence-electron chi connectivity index (χ3n) is 1.08. The fraction of sp³-hybridized carbons (Fsp3) is 0.833. The molecule has 0 heterocycles. The van der Waals surface area contributed by atoms with E-state index < -0.39 is 0 Å². The van der Waals surface area contributed by atoms with E-state index in [4.69, 9.17) is 11.6 Å². The Hall–Kier alpha value is 0.360. The maximum absolute atomic E-state index is 10.8. The molecule has 0 fully saturated rings. The lowest BCUT2D eigenvalue weighted by Crippen LogP contribution is -2.66. The molecule has 0 amide bonds. The third-order valence-corrected chi connectivity index (χ3v) is 2.62. The molecule has 12 heavy (non-hydrogen) atoms. The molecule has 0 radical (unpaired) electrons. The number of esters is 1. The van der Waals surface area contributed by atoms with Crippen LogP contribution in [-0.4, -0.2) is 36.5 Å². The number of ether oxygens (including phenoxy) is 1. The minimum absolute atomic E-state index is 0. The van der Waals surface area contributed by atoms with Crippen molar-refractivity contribution in [1.82, 2.24) is 0 Å². The van der Waals surface area contributed by atoms with Crippen molar-refractivity contribution in [2.24, 2.45) is 0 Å². The fourth-order valence-corrected chi connectivity index (χ4v) is 1.54. The highest BCUT2D eigenvalue weighted by atomic mass is 35.5. The quantitative estimate of drug-likeness (QED) is 0.419. The second-order valence-electron chi connectivity index (χ2n) is 1.98. The van der Waals surface area contributed by atoms with E-state index in [-0.39, 0.29) is 24.4 Å². The highest BCUT2D eigenvalue weighted by molar-refractivity contribution is 7.99. The van der Waals surface area contributed by atoms with Gasteiger partial charge in [0.2, 0.25) is 0 Å². The molecule has 0 saturated heterocycles. The van der Waals surface area contributed by atoms with Crippen molar-refractivity contribution in [2.75, 3.05) is 24.5 Å². The van der Waals surface area contributed by atoms with E-state index in [0.29, 0.717) is 11.6 Å². The predicted molar refractivity (Wildman–Crippen MR) is 54.0 cm³/mol. The van der Waals surface area contributed by atoms with Crippen molar-refractivity contribution in [2.45, 2.75) is 6.04 Å². The zero-order valence-corrected chi connectivity index (χ0v) is 9.31. The van der Waals surface area contributed by atoms with Crippen LogP contribution in [-0.2, 0) is 9.53 Å². The summed E-state index contributed by atoms with van der Waals surface area (Å²) in [6.45, 7) is 0. The molecule has 0 saturated carbocycles. The molecule has 0 bridgehead atoms. The largest absolute Gasteiger partial charge is 0.465 e. The van der Waals surface area contributed by atoms with Crippen molar-refractivity contribution in [1.29, 1.82) is 0 Å². The minimum atomic E-state index is -0.270. The Labute approximate surface area is 87.8 Å². The molecule has 0 aromatic rings. The summed E-state index contributed by atoms with van der Waals surface area (Å²) in [4.78, 5) is 10.8. The maximum atomic E-state index is 10.8. The Morgan fingerprint density at radius 3 is 2.75 bits per heavy atom. The lowest BCUT2D eigenvalue weighted by molar-refractivity contribution is -0.400. The Kier molecular flexibility index (Phi) is 11.7. The summed E-state index contributed by atoms with van der Waals surface area (Å²) >= 11 is 7.05. The van der Waals surface area contributed by atoms with Crippen molar-refractivity contribution < 1.29 is 15.3 Å². The van der Waals surface area contributed by atoms with Gasteiger partial charge in [-0.2, -0.15) is 11.8 Å². The summed E-state index contributed by atoms with van der Waals surface area (Å²) in [6.07, 6.45) is 0. The number of hydrogen-bond acceptors (Lipinski definition) is 3. The number of methoxy groups -OCH3 is 1. The van der Waals surface area contributed by atoms with Crippen molar-refractivity contribution in [3.05, 3.63) is 0 Å². The molecule has 0 aliphatic carbocycles. The summed E-state index contributed by atoms with van der Waals surface area (Å²) in [5.74, 6) is 1.88. The SMILES string of the molecule is COC(=O)[C@@H]([NH3+])CSCCCl.Cl. The molecular weight excluding hydrogens is 221 g/mol. The smallest absolute Gasteiger partial charge is 0.365 e. The van der Waals surface area contributed by atoms with E-state index >= 15 is 0 Å². The molecule has 0 spiro atoms. The van der Waals surface area contributed by atoms with Gasteiger partial charge in [0.1, 0.15) is 0 Å². The molecule has 0 aliphatic rings. The lowest BCUT2D eigenvalue weighted by atomic mass is 10.4. The zero-order valence-electron chi connectivity index (χ0n) is 6.92. The van der Waals surface area contributed by atoms with E-state index in [1.54, 1.807) is 11.8 Å². The standard InChI is InChI=1S/C6H12ClNO2S.ClH/c1-10-6(9)5(8)4-11-3-2-7;/h5H,2-4,8H2,1H3;1H/p+1/t5-;/m0./s1. The molecule has 0 unspecified atom stereocenters. The lowest BCUT2D eigenvalue weighted by Gasteiger charge is -2.03. The topological polar surface area (TPSA) is 53.9 Å². The first-order valence-corrected chi connectivity index (χ1v) is 4.96. The molecule has 6 heteroatoms. The van der Waals surface area contributed by atoms with Crippen LogP contribution in [0.3, 0.4) is 0 Å². The number of hydrogen-bond donors (Lipinski definition) is 1. The van der Waals surface area contributed by atoms with Crippen LogP contribution in [0.25, 0.3) is 0 Å². The van der Waals surface area contributed by atoms with Crippen LogP contribution in [0.1, 0.15) is 0 Å². The average Bonchev–Trinajstić information content (AvgIpc) is 2.03. The van der Waals surface area contributed by atoms with Gasteiger partial charge in [-0.25, -0.2) is 4.79 Å². The van der Waals surface area contributed by atoms with Crippen LogP contribution in [0.5, 0.6) is 0 Å². The third kappa shape index (κ3) is 7.03. The van der Waals surface area contributed by atoms with Gasteiger partial charge in [-0.1, -0.05) is 0 Å². The van der Waals surface area contributed by atoms with Gasteiger partial charge in [-0.15, -0.1) is 24.0 Å². The van der Waals surface area contributed by atoms with Crippen molar-refractivity contribution in [3.8, 4) is 0 Å². The van der Waals surface area contributed by atoms with Crippen LogP contribution in [0, 0.1) is 0 Å². The number of quaternary nitrogens is 1. The fourth-order valence-electron chi connectivity index (χ4n) is 0.515. The Balaban J connectivity index is 0. The molecule has 3 N–H and O–H groups in total. The van der Waals surface area contributed by atoms with E-state index in [9.17, 15) is 4.79 Å². The van der Waals surface area contributed by atoms with Crippen molar-refractivity contribution in [3.63, 3.8) is 0 Å². The van der Waals surface area contributed by atoms with Gasteiger partial charge in [-0.05, 0) is 0 Å². The highest BCUT2D eigenvalue weighted by Gasteiger charge is 2.16. The molecule has 1 atom stereocenters. The van der Waals surface area contributed by atoms with Crippen LogP contribution >= 0.6 is 35.8 Å². The van der Waals surface area contributed by atoms with Gasteiger partial charge < -0.3 is 10.5 Å². The van der Waals surface area contributed by atoms with Gasteiger partial charge >= 0.3 is 5.97 Å². The van der Waals surface area contributed by atoms with E-state index in [2.05, 4.69) is 10.5 Å². The monoisotopic (exact) mass is 234 g/mol. The molecular formula is C6H14Cl2NO2S+. The second kappa shape index (κ2) is 9.45. The molecule has 0 aromatic heterocycles. The first-order valence-electron chi connectivity index (χ1n) is 3.27. The first-order chi connectivity index (χ1) is 5.22. The number of halogens is 2. The summed E-state index contributed by atoms with van der Waals surface area (Å²) in [7, 11) is 1.37. The van der Waals surface area contributed by atoms with Crippen LogP contribution < -0.4 is 5.73 Å². The summed E-state index contributed by atoms with van der Waals surface area (Å²) in [6, 6.07) is -0.270. The minimum Gasteiger partial charge on any atom is -0.465 e. The highest BCUT2D eigenvalue weighted by Crippen LogP contribution is 2.01. The van der Waals surface area contributed by atoms with Gasteiger partial charge in [0.15, 0.2) is 6.04 Å². The van der Waals surface area contributed by atoms with Gasteiger partial charge in [0.25, 0.3) is 0 Å². The van der Waals surface area contributed by atoms with Gasteiger partial charge in [0, 0.05) is 11.6 Å². The maximum Gasteiger partial charge on any atom is 0.365 e. The molecule has 0 aliphatic heterocycles. The summed E-state index contributed by atoms with van der Waals surface area (Å²) < 4.78 is 4.49. The van der Waals surface area contributed by atoms with Gasteiger partial charge in [-0.3, -0.25) is 0 Å². The number of carbonyl (C=O) groups is 1. The van der Waals surface area contributed by atoms with E-state index in [0.717, 1.165) is 5.75 Å². The Morgan fingerprint density at radius 2 is 2.33 bits per heavy atom. The normalized spacial score (nSPS) is 11.6. The number of thioether (sulfide) groups is 1. The Bertz CT molecular complexity index is 126. The summed E-state index contributed by atoms with van der Waals surface area (Å²) in [5, 5.41) is 0. The number of rotatable bonds is 5. The van der Waals surface area contributed by atoms with Crippen LogP contribution in [0.4, 0.5) is 0 Å². The van der Waals surface area contributed by atoms with Crippen molar-refractivity contribution >= 4 is 41.7 Å². The molecule has 0 rings (SSSR count). The van der Waals surface area contributed by atoms with Crippen LogP contribution in [0.15, 0.2) is 0 Å². The number of carbonyl (C=O) groups excluding carboxylic acids is 1. The molecule has 74 valence electrons.